The van der Waals surface area contributed by atoms with Crippen LogP contribution < -0.4 is 10.6 Å². The molecule has 3 aliphatic heterocycles. The number of rotatable bonds is 2. The Kier molecular flexibility index (Phi) is 8.84. The van der Waals surface area contributed by atoms with Crippen molar-refractivity contribution in [2.45, 2.75) is 49.1 Å². The fourth-order valence-corrected chi connectivity index (χ4v) is 9.45. The standard InChI is InChI=1S/C22H22Cl2N6O11P2S3/c23-7-1-9-10(2-8(7)24)29(6-28-9)20-15-13(31)11(38-20)3-36-43(35,45)41-16-14(32)12(4-37-42(34,44)40-15)39-21(16)30-19-17(46-22(30)33)18(25)26-5-27-19/h1-2,5-6,11-16,20-21,31-32H,3-4H2,(H,34,44)(H,35,45)(H2,25,26,27)/t11-,12-,13-,14-,15-,16-,20-,21-,42?,43?/m1/s1. The summed E-state index contributed by atoms with van der Waals surface area (Å²) < 4.78 is 50.9. The van der Waals surface area contributed by atoms with Crippen LogP contribution >= 0.6 is 60.3 Å². The number of imidazole rings is 1. The van der Waals surface area contributed by atoms with Crippen LogP contribution in [0.4, 0.5) is 5.82 Å². The van der Waals surface area contributed by atoms with E-state index in [4.69, 9.17) is 68.3 Å². The van der Waals surface area contributed by atoms with Crippen LogP contribution in [0, 0.1) is 0 Å². The zero-order valence-electron chi connectivity index (χ0n) is 22.7. The van der Waals surface area contributed by atoms with Gasteiger partial charge in [0.15, 0.2) is 18.1 Å². The van der Waals surface area contributed by atoms with E-state index in [9.17, 15) is 24.5 Å². The molecule has 1 aromatic carbocycles. The summed E-state index contributed by atoms with van der Waals surface area (Å²) in [6.45, 7) is -9.76. The summed E-state index contributed by atoms with van der Waals surface area (Å²) >= 11 is 22.4. The molecule has 7 rings (SSSR count). The Balaban J connectivity index is 1.23. The van der Waals surface area contributed by atoms with Crippen molar-refractivity contribution in [1.29, 1.82) is 0 Å². The van der Waals surface area contributed by atoms with E-state index < -0.39 is 80.7 Å². The third-order valence-electron chi connectivity index (χ3n) is 7.51. The number of aliphatic hydroxyl groups is 2. The molecule has 3 aromatic heterocycles. The van der Waals surface area contributed by atoms with Gasteiger partial charge in [-0.05, 0) is 23.9 Å². The second-order valence-electron chi connectivity index (χ2n) is 10.3. The first-order chi connectivity index (χ1) is 21.7. The van der Waals surface area contributed by atoms with Crippen LogP contribution in [0.15, 0.2) is 29.6 Å². The highest BCUT2D eigenvalue weighted by Gasteiger charge is 2.53. The van der Waals surface area contributed by atoms with E-state index in [-0.39, 0.29) is 26.2 Å². The van der Waals surface area contributed by atoms with E-state index in [1.54, 1.807) is 0 Å². The molecule has 3 saturated heterocycles. The molecule has 2 unspecified atom stereocenters. The number of hydrogen-bond donors (Lipinski definition) is 5. The number of thiazole rings is 1. The van der Waals surface area contributed by atoms with Crippen molar-refractivity contribution < 1.29 is 47.2 Å². The smallest absolute Gasteiger partial charge is 0.386 e. The summed E-state index contributed by atoms with van der Waals surface area (Å²) in [5.74, 6) is 0.0314. The molecular formula is C22H22Cl2N6O11P2S3. The monoisotopic (exact) mass is 774 g/mol. The van der Waals surface area contributed by atoms with Gasteiger partial charge in [-0.25, -0.2) is 19.5 Å². The van der Waals surface area contributed by atoms with Crippen LogP contribution in [-0.2, 0) is 43.9 Å². The number of halogens is 2. The highest BCUT2D eigenvalue weighted by Crippen LogP contribution is 2.58. The number of ether oxygens (including phenoxy) is 2. The van der Waals surface area contributed by atoms with Gasteiger partial charge in [0.1, 0.15) is 53.5 Å². The third kappa shape index (κ3) is 5.95. The van der Waals surface area contributed by atoms with Gasteiger partial charge in [-0.3, -0.25) is 22.9 Å². The second-order valence-corrected chi connectivity index (χ2v) is 17.8. The summed E-state index contributed by atoms with van der Waals surface area (Å²) in [6, 6.07) is 3.06. The predicted octanol–water partition coefficient (Wildman–Crippen LogP) is 2.38. The van der Waals surface area contributed by atoms with E-state index in [0.717, 1.165) is 22.2 Å². The average Bonchev–Trinajstić information content (AvgIpc) is 3.70. The number of aromatic nitrogens is 5. The normalized spacial score (nSPS) is 37.2. The van der Waals surface area contributed by atoms with Crippen molar-refractivity contribution in [3.63, 3.8) is 0 Å². The molecule has 4 aromatic rings. The topological polar surface area (TPSA) is 225 Å². The van der Waals surface area contributed by atoms with Crippen molar-refractivity contribution in [1.82, 2.24) is 24.1 Å². The number of nitrogens with two attached hydrogens (primary N) is 1. The Bertz CT molecular complexity index is 2000. The molecule has 3 aliphatic rings. The number of hydrogen-bond acceptors (Lipinski definition) is 16. The van der Waals surface area contributed by atoms with Crippen molar-refractivity contribution in [2.24, 2.45) is 0 Å². The molecule has 0 saturated carbocycles. The maximum Gasteiger partial charge on any atom is 0.386 e. The lowest BCUT2D eigenvalue weighted by atomic mass is 10.1. The molecule has 17 nitrogen and oxygen atoms in total. The molecular weight excluding hydrogens is 753 g/mol. The number of fused-ring (bicyclic) bond motifs is 6. The maximum absolute atomic E-state index is 13.5. The van der Waals surface area contributed by atoms with Crippen LogP contribution in [0.2, 0.25) is 10.0 Å². The summed E-state index contributed by atoms with van der Waals surface area (Å²) in [4.78, 5) is 35.9. The van der Waals surface area contributed by atoms with Crippen molar-refractivity contribution in [3.8, 4) is 0 Å². The number of nitrogen functional groups attached to an aromatic ring is 1. The largest absolute Gasteiger partial charge is 0.387 e. The Morgan fingerprint density at radius 2 is 1.67 bits per heavy atom. The average molecular weight is 776 g/mol. The fourth-order valence-electron chi connectivity index (χ4n) is 5.39. The van der Waals surface area contributed by atoms with Crippen molar-refractivity contribution >= 4 is 99.3 Å². The van der Waals surface area contributed by atoms with Crippen LogP contribution in [0.25, 0.3) is 21.4 Å². The SMILES string of the molecule is Nc1ncnc2c1sc(=O)n2[C@@H]1O[C@@H]2COP(O)(=S)O[C@@H]3[C@H](O)[C@@H](COP(=O)(S)O[C@@H]1[C@@H]2O)O[C@H]3n1cnc2cc(Cl)c(Cl)cc21. The fraction of sp³-hybridized carbons (Fsp3) is 0.455. The number of thiol groups is 1. The lowest BCUT2D eigenvalue weighted by Crippen LogP contribution is -2.38. The van der Waals surface area contributed by atoms with Crippen LogP contribution in [0.5, 0.6) is 0 Å². The van der Waals surface area contributed by atoms with Crippen LogP contribution in [-0.4, -0.2) is 89.0 Å². The molecule has 0 radical (unpaired) electrons. The quantitative estimate of drug-likeness (QED) is 0.146. The summed E-state index contributed by atoms with van der Waals surface area (Å²) in [5.41, 5.74) is 6.86. The van der Waals surface area contributed by atoms with Crippen LogP contribution in [0.3, 0.4) is 0 Å². The Morgan fingerprint density at radius 3 is 2.41 bits per heavy atom. The molecule has 248 valence electrons. The van der Waals surface area contributed by atoms with E-state index in [1.165, 1.54) is 23.0 Å². The molecule has 0 amide bonds. The Labute approximate surface area is 282 Å². The molecule has 4 bridgehead atoms. The Morgan fingerprint density at radius 1 is 1.02 bits per heavy atom. The lowest BCUT2D eigenvalue weighted by molar-refractivity contribution is -0.0603. The highest BCUT2D eigenvalue weighted by molar-refractivity contribution is 8.44. The lowest BCUT2D eigenvalue weighted by Gasteiger charge is -2.27. The molecule has 46 heavy (non-hydrogen) atoms. The molecule has 24 heteroatoms. The number of benzene rings is 1. The van der Waals surface area contributed by atoms with Crippen molar-refractivity contribution in [3.05, 3.63) is 44.5 Å². The van der Waals surface area contributed by atoms with Gasteiger partial charge in [0.2, 0.25) is 0 Å². The first-order valence-electron chi connectivity index (χ1n) is 13.1. The molecule has 0 spiro atoms. The van der Waals surface area contributed by atoms with Gasteiger partial charge in [0.05, 0.1) is 40.6 Å². The number of aliphatic hydroxyl groups excluding tert-OH is 2. The summed E-state index contributed by atoms with van der Waals surface area (Å²) in [7, 11) is 0. The minimum absolute atomic E-state index is 0.0314. The van der Waals surface area contributed by atoms with Gasteiger partial charge in [-0.15, -0.1) is 0 Å². The van der Waals surface area contributed by atoms with Gasteiger partial charge < -0.3 is 39.4 Å². The summed E-state index contributed by atoms with van der Waals surface area (Å²) in [5, 5.41) is 23.0. The van der Waals surface area contributed by atoms with Gasteiger partial charge in [-0.1, -0.05) is 46.8 Å². The summed E-state index contributed by atoms with van der Waals surface area (Å²) in [6.07, 6.45) is -8.73. The molecule has 10 atom stereocenters. The zero-order chi connectivity index (χ0) is 32.7. The van der Waals surface area contributed by atoms with Crippen molar-refractivity contribution in [2.75, 3.05) is 18.9 Å². The number of nitrogens with zero attached hydrogens (tertiary/aromatic N) is 5. The van der Waals surface area contributed by atoms with E-state index >= 15 is 0 Å². The molecule has 5 N–H and O–H groups in total. The van der Waals surface area contributed by atoms with E-state index in [0.29, 0.717) is 11.0 Å². The minimum atomic E-state index is -4.39. The second kappa shape index (κ2) is 12.2. The van der Waals surface area contributed by atoms with Gasteiger partial charge in [-0.2, -0.15) is 0 Å². The third-order valence-corrected chi connectivity index (χ3v) is 12.4. The number of anilines is 1. The first-order valence-corrected chi connectivity index (χ1v) is 20.0. The Hall–Kier alpha value is -1.29. The molecule has 3 fully saturated rings. The maximum atomic E-state index is 13.5. The zero-order valence-corrected chi connectivity index (χ0v) is 28.5. The molecule has 0 aliphatic carbocycles. The van der Waals surface area contributed by atoms with Crippen LogP contribution in [0.1, 0.15) is 12.5 Å². The molecule has 6 heterocycles. The first kappa shape index (κ1) is 33.2. The minimum Gasteiger partial charge on any atom is -0.387 e. The van der Waals surface area contributed by atoms with E-state index in [1.807, 2.05) is 0 Å². The van der Waals surface area contributed by atoms with Gasteiger partial charge in [0.25, 0.3) is 0 Å². The predicted molar refractivity (Wildman–Crippen MR) is 170 cm³/mol. The van der Waals surface area contributed by atoms with Gasteiger partial charge in [0, 0.05) is 0 Å². The van der Waals surface area contributed by atoms with Gasteiger partial charge >= 0.3 is 18.4 Å². The van der Waals surface area contributed by atoms with E-state index in [2.05, 4.69) is 27.2 Å². The highest BCUT2D eigenvalue weighted by atomic mass is 35.5.